The summed E-state index contributed by atoms with van der Waals surface area (Å²) >= 11 is 0. The first-order valence-electron chi connectivity index (χ1n) is 11.9. The lowest BCUT2D eigenvalue weighted by molar-refractivity contribution is -0.274. The molecule has 1 aliphatic heterocycles. The molecule has 0 aliphatic carbocycles. The lowest BCUT2D eigenvalue weighted by Crippen LogP contribution is -2.44. The molecule has 3 aromatic rings. The van der Waals surface area contributed by atoms with Gasteiger partial charge in [0.15, 0.2) is 0 Å². The number of anilines is 1. The SMILES string of the molecule is CCn1ccc(C)c(N2C[C@@H](c3ccc(OC)cc3F)[C@H](NC(=O)c3ccc(OC(F)(F)F)cc3)C2=O)c1=O. The van der Waals surface area contributed by atoms with Crippen LogP contribution in [-0.4, -0.2) is 42.4 Å². The minimum absolute atomic E-state index is 0.0473. The molecule has 1 aromatic heterocycles. The van der Waals surface area contributed by atoms with Crippen molar-refractivity contribution in [1.82, 2.24) is 9.88 Å². The molecule has 0 radical (unpaired) electrons. The van der Waals surface area contributed by atoms with Crippen LogP contribution in [0.2, 0.25) is 0 Å². The zero-order chi connectivity index (χ0) is 28.5. The van der Waals surface area contributed by atoms with Gasteiger partial charge in [-0.3, -0.25) is 14.4 Å². The van der Waals surface area contributed by atoms with Gasteiger partial charge in [-0.1, -0.05) is 6.07 Å². The third-order valence-corrected chi connectivity index (χ3v) is 6.51. The molecule has 2 amide bonds. The van der Waals surface area contributed by atoms with Crippen LogP contribution < -0.4 is 25.2 Å². The van der Waals surface area contributed by atoms with Crippen LogP contribution in [0.1, 0.15) is 34.3 Å². The highest BCUT2D eigenvalue weighted by Crippen LogP contribution is 2.35. The monoisotopic (exact) mass is 547 g/mol. The molecule has 12 heteroatoms. The zero-order valence-corrected chi connectivity index (χ0v) is 21.2. The maximum atomic E-state index is 15.1. The van der Waals surface area contributed by atoms with Crippen LogP contribution in [0.4, 0.5) is 23.2 Å². The maximum absolute atomic E-state index is 15.1. The van der Waals surface area contributed by atoms with E-state index >= 15 is 4.39 Å². The van der Waals surface area contributed by atoms with Crippen LogP contribution in [0.3, 0.4) is 0 Å². The van der Waals surface area contributed by atoms with E-state index in [1.165, 1.54) is 28.7 Å². The minimum atomic E-state index is -4.90. The number of amides is 2. The van der Waals surface area contributed by atoms with Crippen LogP contribution in [0.5, 0.6) is 11.5 Å². The van der Waals surface area contributed by atoms with Crippen molar-refractivity contribution in [2.45, 2.75) is 38.7 Å². The summed E-state index contributed by atoms with van der Waals surface area (Å²) in [6.07, 6.45) is -3.29. The minimum Gasteiger partial charge on any atom is -0.497 e. The number of nitrogens with zero attached hydrogens (tertiary/aromatic N) is 2. The first-order valence-corrected chi connectivity index (χ1v) is 11.9. The lowest BCUT2D eigenvalue weighted by atomic mass is 9.93. The summed E-state index contributed by atoms with van der Waals surface area (Å²) in [7, 11) is 1.38. The molecule has 1 fully saturated rings. The van der Waals surface area contributed by atoms with Crippen LogP contribution in [0.15, 0.2) is 59.5 Å². The number of aryl methyl sites for hydroxylation is 2. The molecule has 2 heterocycles. The number of ether oxygens (including phenoxy) is 2. The smallest absolute Gasteiger partial charge is 0.497 e. The number of alkyl halides is 3. The molecule has 0 bridgehead atoms. The van der Waals surface area contributed by atoms with Crippen LogP contribution in [0, 0.1) is 12.7 Å². The number of rotatable bonds is 7. The van der Waals surface area contributed by atoms with E-state index in [4.69, 9.17) is 4.74 Å². The van der Waals surface area contributed by atoms with Crippen molar-refractivity contribution in [3.63, 3.8) is 0 Å². The van der Waals surface area contributed by atoms with E-state index in [0.29, 0.717) is 12.1 Å². The van der Waals surface area contributed by atoms with Crippen molar-refractivity contribution in [3.8, 4) is 11.5 Å². The third kappa shape index (κ3) is 5.74. The first kappa shape index (κ1) is 27.7. The molecule has 2 atom stereocenters. The van der Waals surface area contributed by atoms with Gasteiger partial charge in [-0.2, -0.15) is 0 Å². The van der Waals surface area contributed by atoms with E-state index in [1.54, 1.807) is 26.1 Å². The second-order valence-corrected chi connectivity index (χ2v) is 8.90. The van der Waals surface area contributed by atoms with Crippen molar-refractivity contribution in [3.05, 3.63) is 87.6 Å². The Kier molecular flexibility index (Phi) is 7.66. The number of pyridine rings is 1. The van der Waals surface area contributed by atoms with Crippen LogP contribution in [-0.2, 0) is 11.3 Å². The van der Waals surface area contributed by atoms with Gasteiger partial charge in [0.1, 0.15) is 29.0 Å². The number of carbonyl (C=O) groups is 2. The first-order chi connectivity index (χ1) is 18.4. The van der Waals surface area contributed by atoms with E-state index in [9.17, 15) is 27.6 Å². The molecule has 0 unspecified atom stereocenters. The summed E-state index contributed by atoms with van der Waals surface area (Å²) in [4.78, 5) is 41.1. The van der Waals surface area contributed by atoms with Crippen molar-refractivity contribution in [2.75, 3.05) is 18.6 Å². The number of hydrogen-bond acceptors (Lipinski definition) is 5. The Morgan fingerprint density at radius 3 is 2.33 bits per heavy atom. The Balaban J connectivity index is 1.70. The summed E-state index contributed by atoms with van der Waals surface area (Å²) in [5, 5.41) is 2.58. The summed E-state index contributed by atoms with van der Waals surface area (Å²) in [6.45, 7) is 3.70. The molecule has 0 saturated carbocycles. The highest BCUT2D eigenvalue weighted by atomic mass is 19.4. The van der Waals surface area contributed by atoms with Crippen LogP contribution in [0.25, 0.3) is 0 Å². The average Bonchev–Trinajstić information content (AvgIpc) is 3.18. The van der Waals surface area contributed by atoms with Crippen molar-refractivity contribution >= 4 is 17.5 Å². The molecule has 4 rings (SSSR count). The van der Waals surface area contributed by atoms with Gasteiger partial charge in [0, 0.05) is 36.8 Å². The number of aromatic nitrogens is 1. The fraction of sp³-hybridized carbons (Fsp3) is 0.296. The molecule has 206 valence electrons. The molecule has 8 nitrogen and oxygen atoms in total. The largest absolute Gasteiger partial charge is 0.573 e. The van der Waals surface area contributed by atoms with Crippen molar-refractivity contribution < 1.29 is 36.6 Å². The molecular weight excluding hydrogens is 522 g/mol. The molecular formula is C27H25F4N3O5. The summed E-state index contributed by atoms with van der Waals surface area (Å²) in [5.41, 5.74) is 0.309. The highest BCUT2D eigenvalue weighted by Gasteiger charge is 2.45. The molecule has 39 heavy (non-hydrogen) atoms. The Morgan fingerprint density at radius 1 is 1.08 bits per heavy atom. The van der Waals surface area contributed by atoms with Gasteiger partial charge < -0.3 is 24.3 Å². The predicted molar refractivity (Wildman–Crippen MR) is 134 cm³/mol. The van der Waals surface area contributed by atoms with Gasteiger partial charge in [0.2, 0.25) is 5.91 Å². The lowest BCUT2D eigenvalue weighted by Gasteiger charge is -2.20. The Morgan fingerprint density at radius 2 is 1.74 bits per heavy atom. The topological polar surface area (TPSA) is 89.9 Å². The van der Waals surface area contributed by atoms with Crippen LogP contribution >= 0.6 is 0 Å². The van der Waals surface area contributed by atoms with E-state index in [0.717, 1.165) is 30.3 Å². The predicted octanol–water partition coefficient (Wildman–Crippen LogP) is 4.15. The van der Waals surface area contributed by atoms with E-state index in [1.807, 2.05) is 0 Å². The van der Waals surface area contributed by atoms with Gasteiger partial charge in [0.05, 0.1) is 7.11 Å². The van der Waals surface area contributed by atoms with Gasteiger partial charge in [-0.15, -0.1) is 13.2 Å². The Labute approximate surface area is 220 Å². The van der Waals surface area contributed by atoms with Gasteiger partial charge in [0.25, 0.3) is 11.5 Å². The number of halogens is 4. The second-order valence-electron chi connectivity index (χ2n) is 8.90. The maximum Gasteiger partial charge on any atom is 0.573 e. The van der Waals surface area contributed by atoms with Gasteiger partial charge in [-0.05, 0) is 61.4 Å². The summed E-state index contributed by atoms with van der Waals surface area (Å²) < 4.78 is 62.9. The molecule has 0 spiro atoms. The second kappa shape index (κ2) is 10.8. The number of methoxy groups -OCH3 is 1. The van der Waals surface area contributed by atoms with Crippen molar-refractivity contribution in [2.24, 2.45) is 0 Å². The third-order valence-electron chi connectivity index (χ3n) is 6.51. The number of benzene rings is 2. The van der Waals surface area contributed by atoms with E-state index in [2.05, 4.69) is 10.1 Å². The average molecular weight is 548 g/mol. The number of carbonyl (C=O) groups excluding carboxylic acids is 2. The summed E-state index contributed by atoms with van der Waals surface area (Å²) in [5.74, 6) is -3.24. The Bertz CT molecular complexity index is 1450. The molecule has 2 aromatic carbocycles. The summed E-state index contributed by atoms with van der Waals surface area (Å²) in [6, 6.07) is 8.67. The molecule has 1 N–H and O–H groups in total. The normalized spacial score (nSPS) is 17.3. The quantitative estimate of drug-likeness (QED) is 0.449. The van der Waals surface area contributed by atoms with E-state index in [-0.39, 0.29) is 29.1 Å². The Hall–Kier alpha value is -4.35. The van der Waals surface area contributed by atoms with Crippen molar-refractivity contribution in [1.29, 1.82) is 0 Å². The number of nitrogens with one attached hydrogen (secondary N) is 1. The fourth-order valence-corrected chi connectivity index (χ4v) is 4.57. The highest BCUT2D eigenvalue weighted by molar-refractivity contribution is 6.05. The fourth-order valence-electron chi connectivity index (χ4n) is 4.57. The number of hydrogen-bond donors (Lipinski definition) is 1. The standard InChI is InChI=1S/C27H25F4N3O5/c1-4-33-12-11-15(2)23(26(33)37)34-14-20(19-10-9-18(38-3)13-21(19)28)22(25(34)36)32-24(35)16-5-7-17(8-6-16)39-27(29,30)31/h5-13,20,22H,4,14H2,1-3H3,(H,32,35)/t20-,22-/m0/s1. The zero-order valence-electron chi connectivity index (χ0n) is 21.2. The van der Waals surface area contributed by atoms with Gasteiger partial charge >= 0.3 is 6.36 Å². The van der Waals surface area contributed by atoms with E-state index < -0.39 is 47.3 Å². The molecule has 1 aliphatic rings. The van der Waals surface area contributed by atoms with Gasteiger partial charge in [-0.25, -0.2) is 4.39 Å². The molecule has 1 saturated heterocycles.